The molecule has 0 radical (unpaired) electrons. The number of rotatable bonds is 7. The molecule has 2 rings (SSSR count). The van der Waals surface area contributed by atoms with Gasteiger partial charge in [-0.25, -0.2) is 0 Å². The van der Waals surface area contributed by atoms with E-state index in [2.05, 4.69) is 52.3 Å². The van der Waals surface area contributed by atoms with Crippen LogP contribution in [-0.4, -0.2) is 19.0 Å². The molecule has 0 aliphatic carbocycles. The van der Waals surface area contributed by atoms with Crippen LogP contribution < -0.4 is 9.47 Å². The van der Waals surface area contributed by atoms with E-state index in [0.29, 0.717) is 6.61 Å². The average molecular weight is 335 g/mol. The summed E-state index contributed by atoms with van der Waals surface area (Å²) >= 11 is 3.40. The van der Waals surface area contributed by atoms with Gasteiger partial charge in [-0.1, -0.05) is 52.3 Å². The molecule has 2 aromatic carbocycles. The Bertz CT molecular complexity index is 526. The van der Waals surface area contributed by atoms with E-state index in [4.69, 9.17) is 9.47 Å². The van der Waals surface area contributed by atoms with E-state index in [-0.39, 0.29) is 0 Å². The van der Waals surface area contributed by atoms with Gasteiger partial charge >= 0.3 is 0 Å². The Morgan fingerprint density at radius 2 is 1.75 bits per heavy atom. The zero-order valence-electron chi connectivity index (χ0n) is 11.6. The minimum absolute atomic E-state index is 0.694. The zero-order chi connectivity index (χ0) is 14.2. The van der Waals surface area contributed by atoms with E-state index in [1.54, 1.807) is 7.11 Å². The minimum atomic E-state index is 0.694. The lowest BCUT2D eigenvalue weighted by atomic mass is 10.0. The lowest BCUT2D eigenvalue weighted by molar-refractivity contribution is 0.295. The topological polar surface area (TPSA) is 18.5 Å². The highest BCUT2D eigenvalue weighted by Crippen LogP contribution is 2.29. The number of alkyl halides is 1. The third-order valence-electron chi connectivity index (χ3n) is 3.01. The lowest BCUT2D eigenvalue weighted by Gasteiger charge is -2.12. The third kappa shape index (κ3) is 4.27. The molecule has 0 saturated heterocycles. The number of benzene rings is 2. The standard InChI is InChI=1S/C17H19BrO2/c1-19-17-13-15(12-14-6-3-2-4-7-14)8-9-16(17)20-11-5-10-18/h2-4,6-9,13H,5,10-12H2,1H3. The van der Waals surface area contributed by atoms with Gasteiger partial charge in [0.25, 0.3) is 0 Å². The molecule has 0 spiro atoms. The van der Waals surface area contributed by atoms with Gasteiger partial charge in [-0.3, -0.25) is 0 Å². The van der Waals surface area contributed by atoms with Crippen LogP contribution in [0.5, 0.6) is 11.5 Å². The van der Waals surface area contributed by atoms with Gasteiger partial charge in [-0.2, -0.15) is 0 Å². The van der Waals surface area contributed by atoms with E-state index >= 15 is 0 Å². The summed E-state index contributed by atoms with van der Waals surface area (Å²) in [6.07, 6.45) is 1.88. The lowest BCUT2D eigenvalue weighted by Crippen LogP contribution is -2.00. The van der Waals surface area contributed by atoms with Gasteiger partial charge in [0.1, 0.15) is 0 Å². The number of ether oxygens (including phenoxy) is 2. The molecule has 3 heteroatoms. The Morgan fingerprint density at radius 3 is 2.45 bits per heavy atom. The van der Waals surface area contributed by atoms with E-state index in [1.807, 2.05) is 12.1 Å². The fraction of sp³-hybridized carbons (Fsp3) is 0.294. The van der Waals surface area contributed by atoms with Gasteiger partial charge in [0.15, 0.2) is 11.5 Å². The Morgan fingerprint density at radius 1 is 0.950 bits per heavy atom. The summed E-state index contributed by atoms with van der Waals surface area (Å²) in [5.41, 5.74) is 2.52. The first-order valence-corrected chi connectivity index (χ1v) is 7.85. The number of methoxy groups -OCH3 is 1. The molecule has 0 atom stereocenters. The van der Waals surface area contributed by atoms with Crippen molar-refractivity contribution in [3.8, 4) is 11.5 Å². The molecule has 0 amide bonds. The zero-order valence-corrected chi connectivity index (χ0v) is 13.2. The second kappa shape index (κ2) is 7.95. The fourth-order valence-electron chi connectivity index (χ4n) is 2.01. The molecule has 0 bridgehead atoms. The SMILES string of the molecule is COc1cc(Cc2ccccc2)ccc1OCCCBr. The van der Waals surface area contributed by atoms with Crippen LogP contribution in [0.25, 0.3) is 0 Å². The summed E-state index contributed by atoms with van der Waals surface area (Å²) < 4.78 is 11.1. The Kier molecular flexibility index (Phi) is 5.93. The quantitative estimate of drug-likeness (QED) is 0.550. The Balaban J connectivity index is 2.08. The maximum atomic E-state index is 5.72. The van der Waals surface area contributed by atoms with E-state index in [1.165, 1.54) is 11.1 Å². The van der Waals surface area contributed by atoms with Crippen molar-refractivity contribution in [2.75, 3.05) is 19.0 Å². The van der Waals surface area contributed by atoms with E-state index in [0.717, 1.165) is 29.7 Å². The highest BCUT2D eigenvalue weighted by atomic mass is 79.9. The van der Waals surface area contributed by atoms with Gasteiger partial charge in [-0.05, 0) is 36.1 Å². The van der Waals surface area contributed by atoms with E-state index < -0.39 is 0 Å². The second-order valence-corrected chi connectivity index (χ2v) is 5.33. The van der Waals surface area contributed by atoms with Gasteiger partial charge in [0.2, 0.25) is 0 Å². The molecule has 106 valence electrons. The van der Waals surface area contributed by atoms with Gasteiger partial charge in [0, 0.05) is 5.33 Å². The summed E-state index contributed by atoms with van der Waals surface area (Å²) in [4.78, 5) is 0. The first kappa shape index (κ1) is 14.9. The highest BCUT2D eigenvalue weighted by molar-refractivity contribution is 9.09. The number of halogens is 1. The number of hydrogen-bond acceptors (Lipinski definition) is 2. The predicted octanol–water partition coefficient (Wildman–Crippen LogP) is 4.45. The molecule has 0 saturated carbocycles. The molecule has 2 nitrogen and oxygen atoms in total. The van der Waals surface area contributed by atoms with Crippen LogP contribution >= 0.6 is 15.9 Å². The third-order valence-corrected chi connectivity index (χ3v) is 3.58. The summed E-state index contributed by atoms with van der Waals surface area (Å²) in [5.74, 6) is 1.61. The molecule has 0 aromatic heterocycles. The van der Waals surface area contributed by atoms with Gasteiger partial charge in [-0.15, -0.1) is 0 Å². The average Bonchev–Trinajstić information content (AvgIpc) is 2.50. The van der Waals surface area contributed by atoms with Crippen LogP contribution in [0.3, 0.4) is 0 Å². The van der Waals surface area contributed by atoms with Gasteiger partial charge < -0.3 is 9.47 Å². The molecule has 0 unspecified atom stereocenters. The minimum Gasteiger partial charge on any atom is -0.493 e. The Hall–Kier alpha value is -1.48. The van der Waals surface area contributed by atoms with E-state index in [9.17, 15) is 0 Å². The highest BCUT2D eigenvalue weighted by Gasteiger charge is 2.06. The maximum Gasteiger partial charge on any atom is 0.161 e. The van der Waals surface area contributed by atoms with Crippen LogP contribution in [0.2, 0.25) is 0 Å². The molecule has 0 fully saturated rings. The van der Waals surface area contributed by atoms with Crippen molar-refractivity contribution >= 4 is 15.9 Å². The van der Waals surface area contributed by atoms with Crippen molar-refractivity contribution in [2.24, 2.45) is 0 Å². The molecule has 20 heavy (non-hydrogen) atoms. The van der Waals surface area contributed by atoms with Gasteiger partial charge in [0.05, 0.1) is 13.7 Å². The normalized spacial score (nSPS) is 10.3. The first-order valence-electron chi connectivity index (χ1n) is 6.73. The van der Waals surface area contributed by atoms with Crippen molar-refractivity contribution in [3.63, 3.8) is 0 Å². The molecule has 2 aromatic rings. The van der Waals surface area contributed by atoms with Crippen molar-refractivity contribution in [1.29, 1.82) is 0 Å². The summed E-state index contributed by atoms with van der Waals surface area (Å²) in [5, 5.41) is 0.946. The monoisotopic (exact) mass is 334 g/mol. The van der Waals surface area contributed by atoms with Crippen LogP contribution in [0.15, 0.2) is 48.5 Å². The second-order valence-electron chi connectivity index (χ2n) is 4.54. The summed E-state index contributed by atoms with van der Waals surface area (Å²) in [7, 11) is 1.68. The first-order chi connectivity index (χ1) is 9.83. The van der Waals surface area contributed by atoms with Crippen molar-refractivity contribution in [2.45, 2.75) is 12.8 Å². The van der Waals surface area contributed by atoms with Crippen molar-refractivity contribution < 1.29 is 9.47 Å². The Labute approximate surface area is 128 Å². The molecule has 0 heterocycles. The molecular weight excluding hydrogens is 316 g/mol. The summed E-state index contributed by atoms with van der Waals surface area (Å²) in [6.45, 7) is 0.694. The molecule has 0 N–H and O–H groups in total. The largest absolute Gasteiger partial charge is 0.493 e. The van der Waals surface area contributed by atoms with Crippen LogP contribution in [0.4, 0.5) is 0 Å². The predicted molar refractivity (Wildman–Crippen MR) is 86.1 cm³/mol. The fourth-order valence-corrected chi connectivity index (χ4v) is 2.24. The van der Waals surface area contributed by atoms with Crippen LogP contribution in [0.1, 0.15) is 17.5 Å². The molecule has 0 aliphatic rings. The smallest absolute Gasteiger partial charge is 0.161 e. The summed E-state index contributed by atoms with van der Waals surface area (Å²) in [6, 6.07) is 16.6. The molecule has 0 aliphatic heterocycles. The molecular formula is C17H19BrO2. The number of hydrogen-bond donors (Lipinski definition) is 0. The van der Waals surface area contributed by atoms with Crippen LogP contribution in [0, 0.1) is 0 Å². The van der Waals surface area contributed by atoms with Crippen molar-refractivity contribution in [1.82, 2.24) is 0 Å². The van der Waals surface area contributed by atoms with Crippen molar-refractivity contribution in [3.05, 3.63) is 59.7 Å². The maximum absolute atomic E-state index is 5.72. The van der Waals surface area contributed by atoms with Crippen LogP contribution in [-0.2, 0) is 6.42 Å².